The zero-order valence-electron chi connectivity index (χ0n) is 14.9. The standard InChI is InChI=1S/C20H20N2O3S/c1-12-7-3-5-9-15(12)22-17(11-25-13(2)23)21-19-18(20(22)24)14-8-4-6-10-16(14)26-19/h3,5,7,9H,4,6,8,10-11H2,1-2H3. The van der Waals surface area contributed by atoms with Gasteiger partial charge in [0.05, 0.1) is 11.1 Å². The molecule has 0 radical (unpaired) electrons. The molecule has 0 spiro atoms. The van der Waals surface area contributed by atoms with Crippen molar-refractivity contribution >= 4 is 27.5 Å². The van der Waals surface area contributed by atoms with Crippen LogP contribution in [0.2, 0.25) is 0 Å². The quantitative estimate of drug-likeness (QED) is 0.662. The fraction of sp³-hybridized carbons (Fsp3) is 0.350. The number of para-hydroxylation sites is 1. The van der Waals surface area contributed by atoms with Gasteiger partial charge in [-0.15, -0.1) is 11.3 Å². The fourth-order valence-electron chi connectivity index (χ4n) is 3.57. The number of aromatic nitrogens is 2. The summed E-state index contributed by atoms with van der Waals surface area (Å²) >= 11 is 1.61. The maximum atomic E-state index is 13.5. The Morgan fingerprint density at radius 2 is 2.04 bits per heavy atom. The molecule has 2 aromatic heterocycles. The van der Waals surface area contributed by atoms with Crippen LogP contribution in [0.3, 0.4) is 0 Å². The number of esters is 1. The Labute approximate surface area is 155 Å². The maximum Gasteiger partial charge on any atom is 0.303 e. The molecule has 0 bridgehead atoms. The van der Waals surface area contributed by atoms with E-state index in [1.165, 1.54) is 11.8 Å². The predicted molar refractivity (Wildman–Crippen MR) is 102 cm³/mol. The van der Waals surface area contributed by atoms with Crippen molar-refractivity contribution < 1.29 is 9.53 Å². The van der Waals surface area contributed by atoms with Crippen LogP contribution in [0.1, 0.15) is 41.6 Å². The van der Waals surface area contributed by atoms with Crippen LogP contribution in [-0.4, -0.2) is 15.5 Å². The molecule has 1 aliphatic carbocycles. The number of aryl methyl sites for hydroxylation is 3. The highest BCUT2D eigenvalue weighted by molar-refractivity contribution is 7.18. The van der Waals surface area contributed by atoms with Crippen molar-refractivity contribution in [3.05, 3.63) is 56.4 Å². The first-order valence-electron chi connectivity index (χ1n) is 8.82. The Bertz CT molecular complexity index is 1060. The first-order chi connectivity index (χ1) is 12.6. The summed E-state index contributed by atoms with van der Waals surface area (Å²) < 4.78 is 6.79. The summed E-state index contributed by atoms with van der Waals surface area (Å²) in [6.45, 7) is 3.31. The third kappa shape index (κ3) is 2.84. The van der Waals surface area contributed by atoms with Crippen LogP contribution >= 0.6 is 11.3 Å². The van der Waals surface area contributed by atoms with Crippen molar-refractivity contribution in [1.82, 2.24) is 9.55 Å². The smallest absolute Gasteiger partial charge is 0.303 e. The van der Waals surface area contributed by atoms with Gasteiger partial charge < -0.3 is 4.74 Å². The summed E-state index contributed by atoms with van der Waals surface area (Å²) in [5, 5.41) is 0.736. The zero-order chi connectivity index (χ0) is 18.3. The molecule has 1 aromatic carbocycles. The van der Waals surface area contributed by atoms with Crippen molar-refractivity contribution in [2.24, 2.45) is 0 Å². The van der Waals surface area contributed by atoms with Gasteiger partial charge in [-0.1, -0.05) is 18.2 Å². The second-order valence-corrected chi connectivity index (χ2v) is 7.71. The molecule has 3 aromatic rings. The van der Waals surface area contributed by atoms with Crippen molar-refractivity contribution in [2.75, 3.05) is 0 Å². The molecule has 134 valence electrons. The molecule has 0 unspecified atom stereocenters. The Morgan fingerprint density at radius 3 is 2.81 bits per heavy atom. The van der Waals surface area contributed by atoms with Crippen LogP contribution in [0, 0.1) is 6.92 Å². The summed E-state index contributed by atoms with van der Waals surface area (Å²) in [5.74, 6) is 0.0757. The van der Waals surface area contributed by atoms with Crippen LogP contribution in [0.4, 0.5) is 0 Å². The molecule has 0 aliphatic heterocycles. The third-order valence-corrected chi connectivity index (χ3v) is 6.00. The molecule has 1 aliphatic rings. The topological polar surface area (TPSA) is 61.2 Å². The van der Waals surface area contributed by atoms with Gasteiger partial charge in [0.25, 0.3) is 5.56 Å². The van der Waals surface area contributed by atoms with Crippen LogP contribution < -0.4 is 5.56 Å². The second kappa shape index (κ2) is 6.68. The molecule has 4 rings (SSSR count). The average molecular weight is 368 g/mol. The van der Waals surface area contributed by atoms with Crippen molar-refractivity contribution in [3.8, 4) is 5.69 Å². The number of thiophene rings is 1. The Balaban J connectivity index is 2.01. The first-order valence-corrected chi connectivity index (χ1v) is 9.63. The largest absolute Gasteiger partial charge is 0.458 e. The van der Waals surface area contributed by atoms with E-state index in [0.29, 0.717) is 5.82 Å². The Morgan fingerprint density at radius 1 is 1.27 bits per heavy atom. The average Bonchev–Trinajstić information content (AvgIpc) is 2.99. The number of carbonyl (C=O) groups excluding carboxylic acids is 1. The summed E-state index contributed by atoms with van der Waals surface area (Å²) in [6.07, 6.45) is 4.21. The molecule has 0 saturated carbocycles. The normalized spacial score (nSPS) is 13.6. The van der Waals surface area contributed by atoms with Gasteiger partial charge in [0.1, 0.15) is 11.4 Å². The fourth-order valence-corrected chi connectivity index (χ4v) is 4.84. The number of hydrogen-bond acceptors (Lipinski definition) is 5. The predicted octanol–water partition coefficient (Wildman–Crippen LogP) is 3.70. The minimum atomic E-state index is -0.388. The monoisotopic (exact) mass is 368 g/mol. The Kier molecular flexibility index (Phi) is 4.36. The zero-order valence-corrected chi connectivity index (χ0v) is 15.7. The summed E-state index contributed by atoms with van der Waals surface area (Å²) in [6, 6.07) is 7.71. The molecule has 0 atom stereocenters. The first kappa shape index (κ1) is 17.0. The van der Waals surface area contributed by atoms with E-state index in [2.05, 4.69) is 0 Å². The maximum absolute atomic E-state index is 13.5. The summed E-state index contributed by atoms with van der Waals surface area (Å²) in [4.78, 5) is 31.5. The van der Waals surface area contributed by atoms with E-state index in [9.17, 15) is 9.59 Å². The van der Waals surface area contributed by atoms with Crippen LogP contribution in [0.25, 0.3) is 15.9 Å². The van der Waals surface area contributed by atoms with Crippen LogP contribution in [0.15, 0.2) is 29.1 Å². The van der Waals surface area contributed by atoms with E-state index in [1.54, 1.807) is 15.9 Å². The van der Waals surface area contributed by atoms with Gasteiger partial charge in [0.15, 0.2) is 5.82 Å². The van der Waals surface area contributed by atoms with Crippen LogP contribution in [0.5, 0.6) is 0 Å². The second-order valence-electron chi connectivity index (χ2n) is 6.63. The number of fused-ring (bicyclic) bond motifs is 3. The highest BCUT2D eigenvalue weighted by Crippen LogP contribution is 2.34. The summed E-state index contributed by atoms with van der Waals surface area (Å²) in [5.41, 5.74) is 2.86. The van der Waals surface area contributed by atoms with Gasteiger partial charge in [-0.3, -0.25) is 14.2 Å². The molecule has 0 amide bonds. The van der Waals surface area contributed by atoms with E-state index in [4.69, 9.17) is 9.72 Å². The molecule has 2 heterocycles. The number of rotatable bonds is 3. The van der Waals surface area contributed by atoms with E-state index in [-0.39, 0.29) is 18.1 Å². The van der Waals surface area contributed by atoms with Crippen molar-refractivity contribution in [3.63, 3.8) is 0 Å². The van der Waals surface area contributed by atoms with Gasteiger partial charge in [-0.05, 0) is 49.8 Å². The minimum absolute atomic E-state index is 0.0165. The molecule has 6 heteroatoms. The van der Waals surface area contributed by atoms with Gasteiger partial charge in [0.2, 0.25) is 0 Å². The third-order valence-electron chi connectivity index (χ3n) is 4.82. The van der Waals surface area contributed by atoms with E-state index >= 15 is 0 Å². The number of benzene rings is 1. The minimum Gasteiger partial charge on any atom is -0.458 e. The lowest BCUT2D eigenvalue weighted by molar-refractivity contribution is -0.142. The highest BCUT2D eigenvalue weighted by atomic mass is 32.1. The molecular formula is C20H20N2O3S. The van der Waals surface area contributed by atoms with E-state index in [0.717, 1.165) is 52.7 Å². The number of carbonyl (C=O) groups is 1. The molecule has 0 saturated heterocycles. The molecular weight excluding hydrogens is 348 g/mol. The van der Waals surface area contributed by atoms with Crippen LogP contribution in [-0.2, 0) is 29.0 Å². The molecule has 0 N–H and O–H groups in total. The molecule has 26 heavy (non-hydrogen) atoms. The van der Waals surface area contributed by atoms with Gasteiger partial charge in [-0.2, -0.15) is 0 Å². The molecule has 0 fully saturated rings. The van der Waals surface area contributed by atoms with Gasteiger partial charge >= 0.3 is 5.97 Å². The number of nitrogens with zero attached hydrogens (tertiary/aromatic N) is 2. The van der Waals surface area contributed by atoms with E-state index < -0.39 is 0 Å². The lowest BCUT2D eigenvalue weighted by atomic mass is 9.97. The lowest BCUT2D eigenvalue weighted by Gasteiger charge is -2.15. The van der Waals surface area contributed by atoms with Crippen molar-refractivity contribution in [1.29, 1.82) is 0 Å². The number of ether oxygens (including phenoxy) is 1. The van der Waals surface area contributed by atoms with Crippen molar-refractivity contribution in [2.45, 2.75) is 46.1 Å². The Hall–Kier alpha value is -2.47. The highest BCUT2D eigenvalue weighted by Gasteiger charge is 2.23. The van der Waals surface area contributed by atoms with Gasteiger partial charge in [0, 0.05) is 11.8 Å². The summed E-state index contributed by atoms with van der Waals surface area (Å²) in [7, 11) is 0. The van der Waals surface area contributed by atoms with E-state index in [1.807, 2.05) is 31.2 Å². The number of hydrogen-bond donors (Lipinski definition) is 0. The SMILES string of the molecule is CC(=O)OCc1nc2sc3c(c2c(=O)n1-c1ccccc1C)CCCC3. The van der Waals surface area contributed by atoms with Gasteiger partial charge in [-0.25, -0.2) is 4.98 Å². The lowest BCUT2D eigenvalue weighted by Crippen LogP contribution is -2.25. The molecule has 5 nitrogen and oxygen atoms in total.